The van der Waals surface area contributed by atoms with Gasteiger partial charge >= 0.3 is 12.0 Å². The van der Waals surface area contributed by atoms with Gasteiger partial charge in [0.05, 0.1) is 16.9 Å². The van der Waals surface area contributed by atoms with Crippen molar-refractivity contribution in [2.75, 3.05) is 26.6 Å². The molecule has 0 spiro atoms. The molecule has 1 heterocycles. The predicted molar refractivity (Wildman–Crippen MR) is 171 cm³/mol. The molecular weight excluding hydrogens is 574 g/mol. The summed E-state index contributed by atoms with van der Waals surface area (Å²) in [6, 6.07) is 27.1. The van der Waals surface area contributed by atoms with Gasteiger partial charge in [0.2, 0.25) is 5.91 Å². The number of urea groups is 1. The molecule has 0 saturated carbocycles. The van der Waals surface area contributed by atoms with Gasteiger partial charge in [-0.3, -0.25) is 24.2 Å². The number of fused-ring (bicyclic) bond motifs is 1. The molecule has 0 unspecified atom stereocenters. The Bertz CT molecular complexity index is 1740. The summed E-state index contributed by atoms with van der Waals surface area (Å²) in [7, 11) is 0. The van der Waals surface area contributed by atoms with Crippen LogP contribution in [0.15, 0.2) is 109 Å². The normalized spacial score (nSPS) is 14.4. The lowest BCUT2D eigenvalue weighted by Gasteiger charge is -2.31. The van der Waals surface area contributed by atoms with Gasteiger partial charge in [-0.1, -0.05) is 54.6 Å². The van der Waals surface area contributed by atoms with Crippen LogP contribution in [0.3, 0.4) is 0 Å². The Morgan fingerprint density at radius 2 is 1.42 bits per heavy atom. The number of hydrogen-bond acceptors (Lipinski definition) is 5. The van der Waals surface area contributed by atoms with E-state index in [0.717, 1.165) is 0 Å². The first-order valence-corrected chi connectivity index (χ1v) is 14.2. The molecule has 0 saturated heterocycles. The Labute approximate surface area is 259 Å². The lowest BCUT2D eigenvalue weighted by atomic mass is 10.2. The van der Waals surface area contributed by atoms with E-state index in [-0.39, 0.29) is 17.3 Å². The number of rotatable bonds is 8. The van der Waals surface area contributed by atoms with E-state index in [1.807, 2.05) is 32.0 Å². The van der Waals surface area contributed by atoms with E-state index in [2.05, 4.69) is 10.6 Å². The van der Waals surface area contributed by atoms with Gasteiger partial charge in [-0.2, -0.15) is 0 Å². The smallest absolute Gasteiger partial charge is 0.335 e. The third-order valence-corrected chi connectivity index (χ3v) is 7.16. The highest BCUT2D eigenvalue weighted by molar-refractivity contribution is 6.25. The summed E-state index contributed by atoms with van der Waals surface area (Å²) in [6.07, 6.45) is 0. The highest BCUT2D eigenvalue weighted by atomic mass is 16.4. The molecule has 1 aliphatic heterocycles. The van der Waals surface area contributed by atoms with Crippen LogP contribution in [0.5, 0.6) is 0 Å². The standard InChI is InChI=1S/C34H31N5O6/c1-22(2)38(25-14-5-3-6-15-25)29(40)21-37-27-18-9-10-19-28(27)39(26-16-7-4-8-17-26)32(42)30(31(37)41)36-34(45)35-24-13-11-12-23(20-24)33(43)44/h3-20,22,30H,21H2,1-2H3,(H,43,44)(H2,35,36,45)/t30-/m1/s1. The molecule has 45 heavy (non-hydrogen) atoms. The maximum Gasteiger partial charge on any atom is 0.335 e. The zero-order valence-corrected chi connectivity index (χ0v) is 24.6. The van der Waals surface area contributed by atoms with Crippen molar-refractivity contribution in [3.63, 3.8) is 0 Å². The van der Waals surface area contributed by atoms with Crippen molar-refractivity contribution >= 4 is 58.2 Å². The molecule has 4 aromatic carbocycles. The van der Waals surface area contributed by atoms with Crippen LogP contribution in [-0.4, -0.2) is 53.5 Å². The molecule has 0 aliphatic carbocycles. The Morgan fingerprint density at radius 1 is 0.800 bits per heavy atom. The number of hydrogen-bond donors (Lipinski definition) is 3. The molecule has 11 nitrogen and oxygen atoms in total. The van der Waals surface area contributed by atoms with Crippen LogP contribution in [0.4, 0.5) is 33.2 Å². The van der Waals surface area contributed by atoms with Crippen molar-refractivity contribution in [2.45, 2.75) is 25.9 Å². The SMILES string of the molecule is CC(C)N(C(=O)CN1C(=O)[C@@H](NC(=O)Nc2cccc(C(=O)O)c2)C(=O)N(c2ccccc2)c2ccccc21)c1ccccc1. The molecule has 4 aromatic rings. The monoisotopic (exact) mass is 605 g/mol. The molecule has 0 bridgehead atoms. The summed E-state index contributed by atoms with van der Waals surface area (Å²) in [4.78, 5) is 71.1. The molecule has 228 valence electrons. The Balaban J connectivity index is 1.54. The Hall–Kier alpha value is -5.97. The first-order valence-electron chi connectivity index (χ1n) is 14.2. The predicted octanol–water partition coefficient (Wildman–Crippen LogP) is 5.03. The molecule has 0 radical (unpaired) electrons. The molecule has 5 rings (SSSR count). The van der Waals surface area contributed by atoms with E-state index in [9.17, 15) is 29.1 Å². The van der Waals surface area contributed by atoms with Crippen LogP contribution in [0, 0.1) is 0 Å². The second kappa shape index (κ2) is 13.1. The van der Waals surface area contributed by atoms with Crippen LogP contribution in [0.1, 0.15) is 24.2 Å². The summed E-state index contributed by atoms with van der Waals surface area (Å²) < 4.78 is 0. The molecule has 1 aliphatic rings. The minimum atomic E-state index is -1.74. The van der Waals surface area contributed by atoms with Crippen LogP contribution in [0.25, 0.3) is 0 Å². The van der Waals surface area contributed by atoms with Crippen LogP contribution in [-0.2, 0) is 14.4 Å². The fraction of sp³-hybridized carbons (Fsp3) is 0.147. The van der Waals surface area contributed by atoms with E-state index in [1.165, 1.54) is 34.1 Å². The third-order valence-electron chi connectivity index (χ3n) is 7.16. The van der Waals surface area contributed by atoms with Gasteiger partial charge in [-0.15, -0.1) is 0 Å². The zero-order valence-electron chi connectivity index (χ0n) is 24.6. The second-order valence-corrected chi connectivity index (χ2v) is 10.5. The first kappa shape index (κ1) is 30.5. The molecule has 5 amide bonds. The van der Waals surface area contributed by atoms with Crippen molar-refractivity contribution in [1.82, 2.24) is 5.32 Å². The molecular formula is C34H31N5O6. The van der Waals surface area contributed by atoms with E-state index >= 15 is 0 Å². The number of amides is 5. The van der Waals surface area contributed by atoms with Crippen molar-refractivity contribution in [3.05, 3.63) is 115 Å². The van der Waals surface area contributed by atoms with E-state index in [1.54, 1.807) is 71.6 Å². The number of anilines is 5. The highest BCUT2D eigenvalue weighted by Gasteiger charge is 2.43. The average molecular weight is 606 g/mol. The minimum Gasteiger partial charge on any atom is -0.478 e. The van der Waals surface area contributed by atoms with Gasteiger partial charge in [-0.05, 0) is 68.4 Å². The van der Waals surface area contributed by atoms with Crippen molar-refractivity contribution < 1.29 is 29.1 Å². The number of nitrogens with zero attached hydrogens (tertiary/aromatic N) is 3. The van der Waals surface area contributed by atoms with E-state index in [0.29, 0.717) is 22.7 Å². The van der Waals surface area contributed by atoms with Crippen LogP contribution >= 0.6 is 0 Å². The number of carbonyl (C=O) groups is 5. The Morgan fingerprint density at radius 3 is 2.07 bits per heavy atom. The van der Waals surface area contributed by atoms with Crippen LogP contribution in [0.2, 0.25) is 0 Å². The lowest BCUT2D eigenvalue weighted by molar-refractivity contribution is -0.129. The zero-order chi connectivity index (χ0) is 32.1. The van der Waals surface area contributed by atoms with Gasteiger partial charge in [-0.25, -0.2) is 9.59 Å². The second-order valence-electron chi connectivity index (χ2n) is 10.5. The summed E-state index contributed by atoms with van der Waals surface area (Å²) in [5.74, 6) is -3.14. The molecule has 0 fully saturated rings. The quantitative estimate of drug-likeness (QED) is 0.241. The fourth-order valence-corrected chi connectivity index (χ4v) is 5.20. The van der Waals surface area contributed by atoms with Crippen molar-refractivity contribution in [2.24, 2.45) is 0 Å². The number of nitrogens with one attached hydrogen (secondary N) is 2. The topological polar surface area (TPSA) is 139 Å². The largest absolute Gasteiger partial charge is 0.478 e. The van der Waals surface area contributed by atoms with Crippen molar-refractivity contribution in [1.29, 1.82) is 0 Å². The van der Waals surface area contributed by atoms with Gasteiger partial charge in [0.15, 0.2) is 6.04 Å². The number of aromatic carboxylic acids is 1. The highest BCUT2D eigenvalue weighted by Crippen LogP contribution is 2.38. The molecule has 11 heteroatoms. The number of carboxylic acid groups (broad SMARTS) is 1. The number of carboxylic acids is 1. The fourth-order valence-electron chi connectivity index (χ4n) is 5.20. The third kappa shape index (κ3) is 6.52. The average Bonchev–Trinajstić information content (AvgIpc) is 3.11. The van der Waals surface area contributed by atoms with Gasteiger partial charge in [0, 0.05) is 23.1 Å². The molecule has 3 N–H and O–H groups in total. The molecule has 1 atom stereocenters. The van der Waals surface area contributed by atoms with Gasteiger partial charge in [0.1, 0.15) is 6.54 Å². The summed E-state index contributed by atoms with van der Waals surface area (Å²) in [5, 5.41) is 14.3. The number of carbonyl (C=O) groups excluding carboxylic acids is 4. The first-order chi connectivity index (χ1) is 21.7. The lowest BCUT2D eigenvalue weighted by Crippen LogP contribution is -2.57. The number of benzene rings is 4. The van der Waals surface area contributed by atoms with E-state index in [4.69, 9.17) is 0 Å². The van der Waals surface area contributed by atoms with Crippen molar-refractivity contribution in [3.8, 4) is 0 Å². The maximum absolute atomic E-state index is 14.3. The summed E-state index contributed by atoms with van der Waals surface area (Å²) in [6.45, 7) is 3.30. The Kier molecular flexibility index (Phi) is 8.89. The van der Waals surface area contributed by atoms with Gasteiger partial charge in [0.25, 0.3) is 11.8 Å². The van der Waals surface area contributed by atoms with Crippen LogP contribution < -0.4 is 25.3 Å². The van der Waals surface area contributed by atoms with E-state index < -0.39 is 42.3 Å². The van der Waals surface area contributed by atoms with Gasteiger partial charge < -0.3 is 20.6 Å². The minimum absolute atomic E-state index is 0.0575. The summed E-state index contributed by atoms with van der Waals surface area (Å²) in [5.41, 5.74) is 1.84. The molecule has 0 aromatic heterocycles. The summed E-state index contributed by atoms with van der Waals surface area (Å²) >= 11 is 0. The number of para-hydroxylation sites is 4. The maximum atomic E-state index is 14.3.